The molecule has 0 saturated heterocycles. The van der Waals surface area contributed by atoms with Crippen LogP contribution in [0.2, 0.25) is 10.0 Å². The molecule has 0 bridgehead atoms. The molecule has 0 aromatic heterocycles. The molecule has 0 unspecified atom stereocenters. The van der Waals surface area contributed by atoms with Crippen molar-refractivity contribution >= 4 is 29.2 Å². The van der Waals surface area contributed by atoms with E-state index in [-0.39, 0.29) is 16.5 Å². The summed E-state index contributed by atoms with van der Waals surface area (Å²) in [5.74, 6) is -2.12. The van der Waals surface area contributed by atoms with Gasteiger partial charge >= 0.3 is 5.97 Å². The summed E-state index contributed by atoms with van der Waals surface area (Å²) in [6.07, 6.45) is 0. The van der Waals surface area contributed by atoms with Gasteiger partial charge in [0, 0.05) is 6.07 Å². The van der Waals surface area contributed by atoms with E-state index in [2.05, 4.69) is 0 Å². The molecule has 3 nitrogen and oxygen atoms in total. The van der Waals surface area contributed by atoms with E-state index in [0.29, 0.717) is 5.02 Å². The summed E-state index contributed by atoms with van der Waals surface area (Å²) in [6.45, 7) is 0. The van der Waals surface area contributed by atoms with Gasteiger partial charge in [0.25, 0.3) is 0 Å². The van der Waals surface area contributed by atoms with Crippen LogP contribution < -0.4 is 4.74 Å². The SMILES string of the molecule is O=C(O)c1c(F)cccc1Oc1ccc(Cl)c(Cl)c1. The molecule has 0 radical (unpaired) electrons. The number of carboxylic acid groups (broad SMARTS) is 1. The van der Waals surface area contributed by atoms with Crippen molar-refractivity contribution in [3.05, 3.63) is 57.8 Å². The van der Waals surface area contributed by atoms with E-state index in [1.807, 2.05) is 0 Å². The molecule has 0 aliphatic rings. The molecular weight excluding hydrogens is 294 g/mol. The molecular formula is C13H7Cl2FO3. The molecule has 0 heterocycles. The predicted molar refractivity (Wildman–Crippen MR) is 69.9 cm³/mol. The van der Waals surface area contributed by atoms with Gasteiger partial charge in [0.15, 0.2) is 0 Å². The fourth-order valence-corrected chi connectivity index (χ4v) is 1.75. The summed E-state index contributed by atoms with van der Waals surface area (Å²) in [6, 6.07) is 8.18. The van der Waals surface area contributed by atoms with Crippen molar-refractivity contribution in [3.63, 3.8) is 0 Å². The van der Waals surface area contributed by atoms with Gasteiger partial charge in [-0.25, -0.2) is 9.18 Å². The van der Waals surface area contributed by atoms with Gasteiger partial charge in [-0.1, -0.05) is 29.3 Å². The Morgan fingerprint density at radius 3 is 2.53 bits per heavy atom. The lowest BCUT2D eigenvalue weighted by Gasteiger charge is -2.09. The van der Waals surface area contributed by atoms with E-state index < -0.39 is 17.3 Å². The number of aromatic carboxylic acids is 1. The first-order valence-electron chi connectivity index (χ1n) is 5.13. The Balaban J connectivity index is 2.40. The van der Waals surface area contributed by atoms with E-state index in [1.165, 1.54) is 30.3 Å². The summed E-state index contributed by atoms with van der Waals surface area (Å²) in [5.41, 5.74) is -0.534. The second-order valence-electron chi connectivity index (χ2n) is 3.60. The molecule has 0 atom stereocenters. The summed E-state index contributed by atoms with van der Waals surface area (Å²) in [5, 5.41) is 9.55. The number of benzene rings is 2. The molecule has 1 N–H and O–H groups in total. The van der Waals surface area contributed by atoms with Crippen LogP contribution in [0, 0.1) is 5.82 Å². The maximum Gasteiger partial charge on any atom is 0.342 e. The van der Waals surface area contributed by atoms with Crippen molar-refractivity contribution in [2.75, 3.05) is 0 Å². The molecule has 2 aromatic rings. The highest BCUT2D eigenvalue weighted by molar-refractivity contribution is 6.42. The molecule has 19 heavy (non-hydrogen) atoms. The Hall–Kier alpha value is -1.78. The minimum absolute atomic E-state index is 0.106. The van der Waals surface area contributed by atoms with E-state index >= 15 is 0 Å². The summed E-state index contributed by atoms with van der Waals surface area (Å²) in [7, 11) is 0. The van der Waals surface area contributed by atoms with Gasteiger partial charge in [0.2, 0.25) is 0 Å². The van der Waals surface area contributed by atoms with Crippen LogP contribution >= 0.6 is 23.2 Å². The second-order valence-corrected chi connectivity index (χ2v) is 4.41. The van der Waals surface area contributed by atoms with Gasteiger partial charge in [-0.15, -0.1) is 0 Å². The normalized spacial score (nSPS) is 10.3. The van der Waals surface area contributed by atoms with Gasteiger partial charge in [-0.05, 0) is 24.3 Å². The predicted octanol–water partition coefficient (Wildman–Crippen LogP) is 4.62. The molecule has 2 rings (SSSR count). The zero-order valence-electron chi connectivity index (χ0n) is 9.36. The Kier molecular flexibility index (Phi) is 3.93. The van der Waals surface area contributed by atoms with Crippen LogP contribution in [0.3, 0.4) is 0 Å². The highest BCUT2D eigenvalue weighted by Crippen LogP contribution is 2.31. The van der Waals surface area contributed by atoms with Crippen LogP contribution in [0.25, 0.3) is 0 Å². The fraction of sp³-hybridized carbons (Fsp3) is 0. The standard InChI is InChI=1S/C13H7Cl2FO3/c14-8-5-4-7(6-9(8)15)19-11-3-1-2-10(16)12(11)13(17)18/h1-6H,(H,17,18). The quantitative estimate of drug-likeness (QED) is 0.899. The highest BCUT2D eigenvalue weighted by Gasteiger charge is 2.17. The largest absolute Gasteiger partial charge is 0.477 e. The maximum atomic E-state index is 13.4. The third-order valence-electron chi connectivity index (χ3n) is 2.31. The number of hydrogen-bond acceptors (Lipinski definition) is 2. The molecule has 0 amide bonds. The Bertz CT molecular complexity index is 644. The smallest absolute Gasteiger partial charge is 0.342 e. The molecule has 2 aromatic carbocycles. The molecule has 98 valence electrons. The van der Waals surface area contributed by atoms with Crippen LogP contribution in [-0.2, 0) is 0 Å². The molecule has 0 spiro atoms. The lowest BCUT2D eigenvalue weighted by molar-refractivity contribution is 0.0689. The van der Waals surface area contributed by atoms with Crippen LogP contribution in [0.4, 0.5) is 4.39 Å². The van der Waals surface area contributed by atoms with Crippen molar-refractivity contribution < 1.29 is 19.0 Å². The minimum atomic E-state index is -1.41. The van der Waals surface area contributed by atoms with Crippen molar-refractivity contribution in [2.45, 2.75) is 0 Å². The number of rotatable bonds is 3. The van der Waals surface area contributed by atoms with Crippen LogP contribution in [0.1, 0.15) is 10.4 Å². The molecule has 0 fully saturated rings. The number of halogens is 3. The lowest BCUT2D eigenvalue weighted by Crippen LogP contribution is -2.03. The number of hydrogen-bond donors (Lipinski definition) is 1. The summed E-state index contributed by atoms with van der Waals surface area (Å²) >= 11 is 11.6. The first-order valence-corrected chi connectivity index (χ1v) is 5.89. The van der Waals surface area contributed by atoms with Crippen molar-refractivity contribution in [1.82, 2.24) is 0 Å². The third kappa shape index (κ3) is 2.97. The molecule has 0 saturated carbocycles. The topological polar surface area (TPSA) is 46.5 Å². The minimum Gasteiger partial charge on any atom is -0.477 e. The van der Waals surface area contributed by atoms with Crippen molar-refractivity contribution in [1.29, 1.82) is 0 Å². The first kappa shape index (κ1) is 13.6. The fourth-order valence-electron chi connectivity index (χ4n) is 1.46. The van der Waals surface area contributed by atoms with Gasteiger partial charge in [-0.3, -0.25) is 0 Å². The van der Waals surface area contributed by atoms with Crippen LogP contribution in [0.5, 0.6) is 11.5 Å². The van der Waals surface area contributed by atoms with Crippen LogP contribution in [-0.4, -0.2) is 11.1 Å². The number of carbonyl (C=O) groups is 1. The van der Waals surface area contributed by atoms with E-state index in [9.17, 15) is 9.18 Å². The second kappa shape index (κ2) is 5.47. The Morgan fingerprint density at radius 2 is 1.89 bits per heavy atom. The Labute approximate surface area is 118 Å². The molecule has 0 aliphatic carbocycles. The monoisotopic (exact) mass is 300 g/mol. The lowest BCUT2D eigenvalue weighted by atomic mass is 10.2. The van der Waals surface area contributed by atoms with Gasteiger partial charge in [-0.2, -0.15) is 0 Å². The number of ether oxygens (including phenoxy) is 1. The zero-order chi connectivity index (χ0) is 14.0. The highest BCUT2D eigenvalue weighted by atomic mass is 35.5. The van der Waals surface area contributed by atoms with Gasteiger partial charge in [0.1, 0.15) is 22.9 Å². The van der Waals surface area contributed by atoms with E-state index in [1.54, 1.807) is 0 Å². The number of carboxylic acids is 1. The summed E-state index contributed by atoms with van der Waals surface area (Å²) in [4.78, 5) is 11.0. The first-order chi connectivity index (χ1) is 8.99. The van der Waals surface area contributed by atoms with Gasteiger partial charge < -0.3 is 9.84 Å². The van der Waals surface area contributed by atoms with E-state index in [0.717, 1.165) is 6.07 Å². The average Bonchev–Trinajstić information content (AvgIpc) is 2.33. The molecule has 0 aliphatic heterocycles. The maximum absolute atomic E-state index is 13.4. The van der Waals surface area contributed by atoms with Gasteiger partial charge in [0.05, 0.1) is 10.0 Å². The van der Waals surface area contributed by atoms with Crippen molar-refractivity contribution in [3.8, 4) is 11.5 Å². The zero-order valence-corrected chi connectivity index (χ0v) is 10.9. The van der Waals surface area contributed by atoms with E-state index in [4.69, 9.17) is 33.0 Å². The van der Waals surface area contributed by atoms with Crippen molar-refractivity contribution in [2.24, 2.45) is 0 Å². The molecule has 6 heteroatoms. The Morgan fingerprint density at radius 1 is 1.16 bits per heavy atom. The third-order valence-corrected chi connectivity index (χ3v) is 3.05. The average molecular weight is 301 g/mol. The van der Waals surface area contributed by atoms with Crippen LogP contribution in [0.15, 0.2) is 36.4 Å². The summed E-state index contributed by atoms with van der Waals surface area (Å²) < 4.78 is 18.8.